The molecule has 156 valence electrons. The van der Waals surface area contributed by atoms with Crippen molar-refractivity contribution >= 4 is 23.5 Å². The summed E-state index contributed by atoms with van der Waals surface area (Å²) in [4.78, 5) is 24.1. The lowest BCUT2D eigenvalue weighted by Crippen LogP contribution is -2.38. The molecule has 0 radical (unpaired) electrons. The Morgan fingerprint density at radius 3 is 2.90 bits per heavy atom. The number of thioether (sulfide) groups is 1. The molecule has 1 N–H and O–H groups in total. The van der Waals surface area contributed by atoms with Crippen molar-refractivity contribution in [3.05, 3.63) is 35.4 Å². The molecule has 1 saturated carbocycles. The van der Waals surface area contributed by atoms with Crippen LogP contribution in [-0.4, -0.2) is 35.0 Å². The fourth-order valence-corrected chi connectivity index (χ4v) is 4.42. The number of rotatable bonds is 8. The number of furan rings is 1. The van der Waals surface area contributed by atoms with Crippen molar-refractivity contribution in [2.45, 2.75) is 69.3 Å². The zero-order valence-corrected chi connectivity index (χ0v) is 18.1. The topological polar surface area (TPSA) is 71.3 Å². The molecule has 0 unspecified atom stereocenters. The zero-order valence-electron chi connectivity index (χ0n) is 17.3. The summed E-state index contributed by atoms with van der Waals surface area (Å²) in [6.07, 6.45) is 7.05. The Kier molecular flexibility index (Phi) is 6.43. The van der Waals surface area contributed by atoms with Gasteiger partial charge < -0.3 is 14.6 Å². The lowest BCUT2D eigenvalue weighted by atomic mass is 10.0. The number of carbonyl (C=O) groups excluding carboxylic acids is 1. The summed E-state index contributed by atoms with van der Waals surface area (Å²) in [5.74, 6) is 3.32. The molecule has 1 amide bonds. The molecule has 0 spiro atoms. The highest BCUT2D eigenvalue weighted by Crippen LogP contribution is 2.29. The van der Waals surface area contributed by atoms with Gasteiger partial charge in [-0.1, -0.05) is 18.7 Å². The number of aromatic nitrogens is 2. The molecule has 6 nitrogen and oxygen atoms in total. The van der Waals surface area contributed by atoms with Gasteiger partial charge in [-0.15, -0.1) is 0 Å². The van der Waals surface area contributed by atoms with Gasteiger partial charge in [-0.05, 0) is 63.5 Å². The van der Waals surface area contributed by atoms with Gasteiger partial charge in [0.25, 0.3) is 5.91 Å². The van der Waals surface area contributed by atoms with Crippen molar-refractivity contribution in [3.63, 3.8) is 0 Å². The molecule has 1 aliphatic heterocycles. The first-order valence-electron chi connectivity index (χ1n) is 10.8. The van der Waals surface area contributed by atoms with Crippen LogP contribution in [0.4, 0.5) is 5.82 Å². The molecule has 29 heavy (non-hydrogen) atoms. The number of aryl methyl sites for hydroxylation is 1. The third-order valence-electron chi connectivity index (χ3n) is 5.68. The molecule has 4 rings (SSSR count). The number of hydrogen-bond acceptors (Lipinski definition) is 6. The molecule has 1 aliphatic carbocycles. The minimum Gasteiger partial charge on any atom is -0.455 e. The maximum absolute atomic E-state index is 12.2. The molecule has 2 aliphatic rings. The molecular formula is C22H30N4O2S. The average molecular weight is 415 g/mol. The Morgan fingerprint density at radius 1 is 1.28 bits per heavy atom. The lowest BCUT2D eigenvalue weighted by molar-refractivity contribution is 0.0922. The monoisotopic (exact) mass is 414 g/mol. The third-order valence-corrected chi connectivity index (χ3v) is 6.55. The van der Waals surface area contributed by atoms with E-state index in [1.807, 2.05) is 6.07 Å². The fraction of sp³-hybridized carbons (Fsp3) is 0.591. The van der Waals surface area contributed by atoms with Gasteiger partial charge in [0.1, 0.15) is 11.6 Å². The minimum atomic E-state index is -0.126. The van der Waals surface area contributed by atoms with Gasteiger partial charge in [0.05, 0.1) is 5.75 Å². The van der Waals surface area contributed by atoms with Crippen LogP contribution in [0.1, 0.15) is 68.0 Å². The van der Waals surface area contributed by atoms with Gasteiger partial charge in [-0.2, -0.15) is 0 Å². The molecular weight excluding hydrogens is 384 g/mol. The van der Waals surface area contributed by atoms with Crippen LogP contribution in [0.5, 0.6) is 0 Å². The molecule has 1 atom stereocenters. The van der Waals surface area contributed by atoms with Gasteiger partial charge in [-0.25, -0.2) is 9.97 Å². The van der Waals surface area contributed by atoms with Crippen molar-refractivity contribution in [3.8, 4) is 0 Å². The number of hydrogen-bond donors (Lipinski definition) is 1. The van der Waals surface area contributed by atoms with Crippen LogP contribution in [0.15, 0.2) is 27.8 Å². The van der Waals surface area contributed by atoms with Gasteiger partial charge in [0.2, 0.25) is 0 Å². The van der Waals surface area contributed by atoms with Crippen LogP contribution >= 0.6 is 11.8 Å². The number of carbonyl (C=O) groups is 1. The van der Waals surface area contributed by atoms with E-state index in [1.54, 1.807) is 17.8 Å². The average Bonchev–Trinajstić information content (AvgIpc) is 3.45. The van der Waals surface area contributed by atoms with Gasteiger partial charge in [0, 0.05) is 30.9 Å². The van der Waals surface area contributed by atoms with E-state index in [0.29, 0.717) is 23.5 Å². The maximum Gasteiger partial charge on any atom is 0.287 e. The molecule has 2 fully saturated rings. The summed E-state index contributed by atoms with van der Waals surface area (Å²) >= 11 is 1.56. The van der Waals surface area contributed by atoms with Crippen molar-refractivity contribution in [1.29, 1.82) is 0 Å². The Labute approximate surface area is 176 Å². The summed E-state index contributed by atoms with van der Waals surface area (Å²) in [6, 6.07) is 6.27. The predicted molar refractivity (Wildman–Crippen MR) is 115 cm³/mol. The Hall–Kier alpha value is -2.02. The normalized spacial score (nSPS) is 19.4. The predicted octanol–water partition coefficient (Wildman–Crippen LogP) is 4.44. The summed E-state index contributed by atoms with van der Waals surface area (Å²) in [7, 11) is 0. The van der Waals surface area contributed by atoms with E-state index in [4.69, 9.17) is 9.40 Å². The van der Waals surface area contributed by atoms with Crippen LogP contribution in [-0.2, 0) is 12.2 Å². The van der Waals surface area contributed by atoms with Crippen molar-refractivity contribution < 1.29 is 9.21 Å². The molecule has 2 aromatic rings. The fourth-order valence-electron chi connectivity index (χ4n) is 3.65. The van der Waals surface area contributed by atoms with E-state index < -0.39 is 0 Å². The molecule has 2 aromatic heterocycles. The largest absolute Gasteiger partial charge is 0.455 e. The molecule has 1 saturated heterocycles. The molecule has 0 aromatic carbocycles. The second-order valence-electron chi connectivity index (χ2n) is 8.10. The molecule has 0 bridgehead atoms. The highest BCUT2D eigenvalue weighted by molar-refractivity contribution is 7.98. The minimum absolute atomic E-state index is 0.126. The Morgan fingerprint density at radius 2 is 2.14 bits per heavy atom. The third kappa shape index (κ3) is 5.32. The summed E-state index contributed by atoms with van der Waals surface area (Å²) in [5, 5.41) is 3.71. The molecule has 3 heterocycles. The van der Waals surface area contributed by atoms with E-state index in [1.165, 1.54) is 32.1 Å². The second-order valence-corrected chi connectivity index (χ2v) is 9.04. The highest BCUT2D eigenvalue weighted by atomic mass is 32.2. The smallest absolute Gasteiger partial charge is 0.287 e. The Balaban J connectivity index is 1.40. The van der Waals surface area contributed by atoms with Crippen LogP contribution in [0, 0.1) is 5.92 Å². The van der Waals surface area contributed by atoms with E-state index in [-0.39, 0.29) is 5.91 Å². The number of nitrogens with zero attached hydrogens (tertiary/aromatic N) is 3. The highest BCUT2D eigenvalue weighted by Gasteiger charge is 2.23. The van der Waals surface area contributed by atoms with Gasteiger partial charge in [-0.3, -0.25) is 4.79 Å². The number of anilines is 1. The van der Waals surface area contributed by atoms with Crippen LogP contribution < -0.4 is 10.2 Å². The van der Waals surface area contributed by atoms with Crippen LogP contribution in [0.3, 0.4) is 0 Å². The first kappa shape index (κ1) is 20.3. The SMILES string of the molecule is CCc1cc(N2CCCC[C@H]2C)nc(SCc2ccc(C(=O)NCC3CC3)o2)n1. The number of amides is 1. The van der Waals surface area contributed by atoms with E-state index in [0.717, 1.165) is 41.9 Å². The van der Waals surface area contributed by atoms with Crippen molar-refractivity contribution in [2.75, 3.05) is 18.0 Å². The van der Waals surface area contributed by atoms with E-state index in [2.05, 4.69) is 35.1 Å². The first-order valence-corrected chi connectivity index (χ1v) is 11.7. The quantitative estimate of drug-likeness (QED) is 0.508. The van der Waals surface area contributed by atoms with Gasteiger partial charge >= 0.3 is 0 Å². The van der Waals surface area contributed by atoms with Gasteiger partial charge in [0.15, 0.2) is 10.9 Å². The summed E-state index contributed by atoms with van der Waals surface area (Å²) in [6.45, 7) is 6.21. The maximum atomic E-state index is 12.2. The van der Waals surface area contributed by atoms with E-state index >= 15 is 0 Å². The lowest BCUT2D eigenvalue weighted by Gasteiger charge is -2.34. The zero-order chi connectivity index (χ0) is 20.2. The van der Waals surface area contributed by atoms with Crippen LogP contribution in [0.25, 0.3) is 0 Å². The van der Waals surface area contributed by atoms with Crippen LogP contribution in [0.2, 0.25) is 0 Å². The number of nitrogens with one attached hydrogen (secondary N) is 1. The second kappa shape index (κ2) is 9.20. The van der Waals surface area contributed by atoms with Crippen molar-refractivity contribution in [1.82, 2.24) is 15.3 Å². The van der Waals surface area contributed by atoms with Crippen molar-refractivity contribution in [2.24, 2.45) is 5.92 Å². The first-order chi connectivity index (χ1) is 14.1. The molecule has 7 heteroatoms. The standard InChI is InChI=1S/C22H30N4O2S/c1-3-17-12-20(26-11-5-4-6-15(26)2)25-22(24-17)29-14-18-9-10-19(28-18)21(27)23-13-16-7-8-16/h9-10,12,15-16H,3-8,11,13-14H2,1-2H3,(H,23,27)/t15-/m1/s1. The van der Waals surface area contributed by atoms with E-state index in [9.17, 15) is 4.79 Å². The summed E-state index contributed by atoms with van der Waals surface area (Å²) in [5.41, 5.74) is 1.06. The summed E-state index contributed by atoms with van der Waals surface area (Å²) < 4.78 is 5.74. The number of piperidine rings is 1. The Bertz CT molecular complexity index is 849.